The second-order valence-electron chi connectivity index (χ2n) is 5.12. The highest BCUT2D eigenvalue weighted by Crippen LogP contribution is 2.31. The number of aryl methyl sites for hydroxylation is 1. The molecule has 2 rings (SSSR count). The maximum absolute atomic E-state index is 12.9. The normalized spacial score (nSPS) is 12.8. The summed E-state index contributed by atoms with van der Waals surface area (Å²) < 4.78 is 38.8. The number of nitrogens with two attached hydrogens (primary N) is 1. The number of carbonyl (C=O) groups excluding carboxylic acids is 1. The van der Waals surface area contributed by atoms with Gasteiger partial charge in [-0.05, 0) is 19.1 Å². The Morgan fingerprint density at radius 3 is 2.54 bits per heavy atom. The van der Waals surface area contributed by atoms with Gasteiger partial charge in [-0.2, -0.15) is 13.2 Å². The number of hydrogen-bond acceptors (Lipinski definition) is 5. The molecule has 0 radical (unpaired) electrons. The number of carbonyl (C=O) groups is 2. The molecular weight excluding hydrogens is 329 g/mol. The van der Waals surface area contributed by atoms with Gasteiger partial charge in [0, 0.05) is 5.39 Å². The second kappa shape index (κ2) is 6.30. The highest BCUT2D eigenvalue weighted by atomic mass is 19.4. The molecule has 1 aromatic heterocycles. The topological polar surface area (TPSA) is 118 Å². The van der Waals surface area contributed by atoms with Crippen LogP contribution in [0.3, 0.4) is 0 Å². The maximum Gasteiger partial charge on any atom is 0.451 e. The number of fused-ring (bicyclic) bond motifs is 1. The Kier molecular flexibility index (Phi) is 4.58. The van der Waals surface area contributed by atoms with Gasteiger partial charge in [-0.3, -0.25) is 4.79 Å². The molecule has 128 valence electrons. The molecule has 0 aliphatic rings. The number of halogens is 3. The van der Waals surface area contributed by atoms with Gasteiger partial charge < -0.3 is 16.2 Å². The molecule has 7 nitrogen and oxygen atoms in total. The molecule has 1 atom stereocenters. The zero-order valence-electron chi connectivity index (χ0n) is 12.4. The summed E-state index contributed by atoms with van der Waals surface area (Å²) in [6.07, 6.45) is -5.41. The summed E-state index contributed by atoms with van der Waals surface area (Å²) in [7, 11) is 0. The molecule has 2 aromatic rings. The summed E-state index contributed by atoms with van der Waals surface area (Å²) >= 11 is 0. The summed E-state index contributed by atoms with van der Waals surface area (Å²) in [5, 5.41) is 11.7. The Morgan fingerprint density at radius 1 is 1.33 bits per heavy atom. The minimum Gasteiger partial charge on any atom is -0.480 e. The zero-order chi connectivity index (χ0) is 18.1. The quantitative estimate of drug-likeness (QED) is 0.761. The van der Waals surface area contributed by atoms with Gasteiger partial charge in [-0.1, -0.05) is 11.6 Å². The Bertz CT molecular complexity index is 808. The van der Waals surface area contributed by atoms with Crippen molar-refractivity contribution in [1.82, 2.24) is 9.97 Å². The molecule has 0 aliphatic heterocycles. The van der Waals surface area contributed by atoms with Crippen LogP contribution >= 0.6 is 0 Å². The van der Waals surface area contributed by atoms with Crippen LogP contribution in [0.4, 0.5) is 19.0 Å². The first-order valence-electron chi connectivity index (χ1n) is 6.71. The largest absolute Gasteiger partial charge is 0.480 e. The van der Waals surface area contributed by atoms with E-state index in [1.165, 1.54) is 12.1 Å². The second-order valence-corrected chi connectivity index (χ2v) is 5.12. The van der Waals surface area contributed by atoms with Crippen LogP contribution in [-0.2, 0) is 15.8 Å². The first-order valence-corrected chi connectivity index (χ1v) is 6.71. The van der Waals surface area contributed by atoms with Gasteiger partial charge in [0.1, 0.15) is 11.9 Å². The number of hydrogen-bond donors (Lipinski definition) is 3. The molecule has 0 bridgehead atoms. The van der Waals surface area contributed by atoms with Crippen molar-refractivity contribution in [2.24, 2.45) is 5.73 Å². The Morgan fingerprint density at radius 2 is 2.00 bits per heavy atom. The number of nitrogens with zero attached hydrogens (tertiary/aromatic N) is 2. The van der Waals surface area contributed by atoms with Crippen molar-refractivity contribution in [1.29, 1.82) is 0 Å². The molecule has 1 amide bonds. The van der Waals surface area contributed by atoms with Crippen LogP contribution in [0, 0.1) is 6.92 Å². The lowest BCUT2D eigenvalue weighted by molar-refractivity contribution is -0.144. The van der Waals surface area contributed by atoms with Crippen molar-refractivity contribution in [2.75, 3.05) is 5.32 Å². The smallest absolute Gasteiger partial charge is 0.451 e. The Balaban J connectivity index is 2.59. The van der Waals surface area contributed by atoms with E-state index in [2.05, 4.69) is 15.3 Å². The highest BCUT2D eigenvalue weighted by molar-refractivity contribution is 5.92. The van der Waals surface area contributed by atoms with Gasteiger partial charge in [0.25, 0.3) is 0 Å². The van der Waals surface area contributed by atoms with Crippen molar-refractivity contribution in [2.45, 2.75) is 25.6 Å². The molecule has 0 fully saturated rings. The number of primary amides is 1. The number of alkyl halides is 3. The van der Waals surface area contributed by atoms with E-state index in [1.807, 2.05) is 0 Å². The number of amides is 1. The third-order valence-corrected chi connectivity index (χ3v) is 3.12. The van der Waals surface area contributed by atoms with Gasteiger partial charge in [-0.25, -0.2) is 14.8 Å². The van der Waals surface area contributed by atoms with Gasteiger partial charge in [0.15, 0.2) is 0 Å². The molecule has 24 heavy (non-hydrogen) atoms. The van der Waals surface area contributed by atoms with Crippen molar-refractivity contribution in [3.8, 4) is 0 Å². The van der Waals surface area contributed by atoms with Crippen LogP contribution in [0.2, 0.25) is 0 Å². The van der Waals surface area contributed by atoms with Crippen molar-refractivity contribution >= 4 is 28.6 Å². The third kappa shape index (κ3) is 3.89. The fraction of sp³-hybridized carbons (Fsp3) is 0.286. The number of carboxylic acid groups (broad SMARTS) is 1. The van der Waals surface area contributed by atoms with Crippen LogP contribution in [0.15, 0.2) is 18.2 Å². The SMILES string of the molecule is Cc1ccc2nc(C(F)(F)F)nc(NC(CC(N)=O)C(=O)O)c2c1. The predicted molar refractivity (Wildman–Crippen MR) is 78.1 cm³/mol. The molecule has 10 heteroatoms. The minimum absolute atomic E-state index is 0.00589. The number of benzene rings is 1. The maximum atomic E-state index is 12.9. The lowest BCUT2D eigenvalue weighted by atomic mass is 10.1. The van der Waals surface area contributed by atoms with Gasteiger partial charge in [0.2, 0.25) is 11.7 Å². The lowest BCUT2D eigenvalue weighted by Crippen LogP contribution is -2.34. The van der Waals surface area contributed by atoms with Crippen LogP contribution in [0.5, 0.6) is 0 Å². The molecule has 1 unspecified atom stereocenters. The van der Waals surface area contributed by atoms with Gasteiger partial charge >= 0.3 is 12.1 Å². The summed E-state index contributed by atoms with van der Waals surface area (Å²) in [6, 6.07) is 2.94. The molecule has 0 spiro atoms. The highest BCUT2D eigenvalue weighted by Gasteiger charge is 2.36. The van der Waals surface area contributed by atoms with Crippen LogP contribution in [0.1, 0.15) is 17.8 Å². The van der Waals surface area contributed by atoms with Crippen molar-refractivity contribution < 1.29 is 27.9 Å². The molecule has 0 aliphatic carbocycles. The van der Waals surface area contributed by atoms with Gasteiger partial charge in [-0.15, -0.1) is 0 Å². The Hall–Kier alpha value is -2.91. The molecule has 4 N–H and O–H groups in total. The van der Waals surface area contributed by atoms with E-state index in [1.54, 1.807) is 13.0 Å². The van der Waals surface area contributed by atoms with E-state index in [0.29, 0.717) is 0 Å². The molecule has 0 saturated carbocycles. The van der Waals surface area contributed by atoms with E-state index in [4.69, 9.17) is 10.8 Å². The van der Waals surface area contributed by atoms with E-state index < -0.39 is 36.3 Å². The van der Waals surface area contributed by atoms with Crippen molar-refractivity contribution in [3.63, 3.8) is 0 Å². The summed E-state index contributed by atoms with van der Waals surface area (Å²) in [5.74, 6) is -4.10. The summed E-state index contributed by atoms with van der Waals surface area (Å²) in [6.45, 7) is 1.71. The van der Waals surface area contributed by atoms with Crippen LogP contribution in [-0.4, -0.2) is 33.0 Å². The standard InChI is InChI=1S/C14H13F3N4O3/c1-6-2-3-8-7(4-6)11(21-13(20-8)14(15,16)17)19-9(12(23)24)5-10(18)22/h2-4,9H,5H2,1H3,(H2,18,22)(H,23,24)(H,19,20,21). The number of anilines is 1. The Labute approximate surface area is 133 Å². The monoisotopic (exact) mass is 342 g/mol. The molecular formula is C14H13F3N4O3. The van der Waals surface area contributed by atoms with E-state index in [-0.39, 0.29) is 16.7 Å². The summed E-state index contributed by atoms with van der Waals surface area (Å²) in [4.78, 5) is 29.0. The molecule has 0 saturated heterocycles. The number of rotatable bonds is 5. The number of carboxylic acids is 1. The number of aliphatic carboxylic acids is 1. The first-order chi connectivity index (χ1) is 11.1. The fourth-order valence-electron chi connectivity index (χ4n) is 2.05. The predicted octanol–water partition coefficient (Wildman–Crippen LogP) is 1.70. The van der Waals surface area contributed by atoms with Crippen LogP contribution in [0.25, 0.3) is 10.9 Å². The number of nitrogens with one attached hydrogen (secondary N) is 1. The minimum atomic E-state index is -4.81. The average Bonchev–Trinajstić information content (AvgIpc) is 2.45. The first kappa shape index (κ1) is 17.4. The third-order valence-electron chi connectivity index (χ3n) is 3.12. The summed E-state index contributed by atoms with van der Waals surface area (Å²) in [5.41, 5.74) is 5.68. The molecule has 1 aromatic carbocycles. The van der Waals surface area contributed by atoms with E-state index in [0.717, 1.165) is 5.56 Å². The van der Waals surface area contributed by atoms with Gasteiger partial charge in [0.05, 0.1) is 11.9 Å². The zero-order valence-corrected chi connectivity index (χ0v) is 12.4. The van der Waals surface area contributed by atoms with Crippen LogP contribution < -0.4 is 11.1 Å². The van der Waals surface area contributed by atoms with E-state index in [9.17, 15) is 22.8 Å². The molecule has 1 heterocycles. The number of aromatic nitrogens is 2. The van der Waals surface area contributed by atoms with E-state index >= 15 is 0 Å². The fourth-order valence-corrected chi connectivity index (χ4v) is 2.05. The van der Waals surface area contributed by atoms with Crippen molar-refractivity contribution in [3.05, 3.63) is 29.6 Å². The average molecular weight is 342 g/mol. The lowest BCUT2D eigenvalue weighted by Gasteiger charge is -2.17.